The summed E-state index contributed by atoms with van der Waals surface area (Å²) < 4.78 is 26.3. The van der Waals surface area contributed by atoms with E-state index < -0.39 is 5.92 Å². The summed E-state index contributed by atoms with van der Waals surface area (Å²) in [5.74, 6) is -2.61. The van der Waals surface area contributed by atoms with E-state index in [2.05, 4.69) is 6.92 Å². The highest BCUT2D eigenvalue weighted by Gasteiger charge is 2.29. The summed E-state index contributed by atoms with van der Waals surface area (Å²) in [4.78, 5) is 0. The summed E-state index contributed by atoms with van der Waals surface area (Å²) in [5.41, 5.74) is 0. The van der Waals surface area contributed by atoms with Crippen LogP contribution >= 0.6 is 22.6 Å². The van der Waals surface area contributed by atoms with Gasteiger partial charge in [-0.05, 0) is 35.4 Å². The summed E-state index contributed by atoms with van der Waals surface area (Å²) in [5, 5.41) is 0. The molecule has 0 heterocycles. The van der Waals surface area contributed by atoms with Gasteiger partial charge in [-0.1, -0.05) is 39.2 Å². The van der Waals surface area contributed by atoms with Crippen LogP contribution in [0.15, 0.2) is 9.66 Å². The molecule has 0 radical (unpaired) electrons. The Balaban J connectivity index is 3.77. The van der Waals surface area contributed by atoms with Crippen molar-refractivity contribution in [1.82, 2.24) is 0 Å². The highest BCUT2D eigenvalue weighted by Crippen LogP contribution is 2.32. The third-order valence-electron chi connectivity index (χ3n) is 2.17. The number of rotatable bonds is 7. The molecule has 84 valence electrons. The molecule has 0 unspecified atom stereocenters. The van der Waals surface area contributed by atoms with Gasteiger partial charge in [0.15, 0.2) is 0 Å². The Bertz CT molecular complexity index is 176. The Labute approximate surface area is 99.3 Å². The fourth-order valence-corrected chi connectivity index (χ4v) is 1.81. The molecule has 0 atom stereocenters. The van der Waals surface area contributed by atoms with E-state index in [4.69, 9.17) is 0 Å². The first-order chi connectivity index (χ1) is 6.54. The zero-order valence-corrected chi connectivity index (χ0v) is 11.1. The van der Waals surface area contributed by atoms with Crippen LogP contribution in [0.2, 0.25) is 0 Å². The van der Waals surface area contributed by atoms with Gasteiger partial charge in [-0.3, -0.25) is 0 Å². The number of halogens is 3. The van der Waals surface area contributed by atoms with Gasteiger partial charge in [0.25, 0.3) is 5.92 Å². The second kappa shape index (κ2) is 7.60. The molecule has 0 rings (SSSR count). The van der Waals surface area contributed by atoms with Crippen LogP contribution in [0.5, 0.6) is 0 Å². The van der Waals surface area contributed by atoms with Gasteiger partial charge in [-0.2, -0.15) is 0 Å². The highest BCUT2D eigenvalue weighted by atomic mass is 127. The van der Waals surface area contributed by atoms with Crippen LogP contribution in [-0.2, 0) is 0 Å². The predicted molar refractivity (Wildman–Crippen MR) is 66.1 cm³/mol. The molecule has 0 aromatic rings. The molecule has 0 N–H and O–H groups in total. The molecule has 0 aliphatic heterocycles. The average Bonchev–Trinajstić information content (AvgIpc) is 2.17. The van der Waals surface area contributed by atoms with Crippen LogP contribution in [0.4, 0.5) is 8.78 Å². The van der Waals surface area contributed by atoms with Gasteiger partial charge in [-0.15, -0.1) is 0 Å². The van der Waals surface area contributed by atoms with Crippen molar-refractivity contribution < 1.29 is 8.78 Å². The lowest BCUT2D eigenvalue weighted by atomic mass is 10.1. The topological polar surface area (TPSA) is 0 Å². The molecule has 0 aliphatic carbocycles. The SMILES string of the molecule is CCCCCC/C=C(\I)C(F)(F)CC. The second-order valence-electron chi connectivity index (χ2n) is 3.46. The molecule has 0 saturated carbocycles. The van der Waals surface area contributed by atoms with Crippen molar-refractivity contribution in [2.45, 2.75) is 58.3 Å². The maximum absolute atomic E-state index is 13.0. The summed E-state index contributed by atoms with van der Waals surface area (Å²) in [6.07, 6.45) is 6.93. The van der Waals surface area contributed by atoms with Gasteiger partial charge in [0.1, 0.15) is 0 Å². The molecule has 0 saturated heterocycles. The standard InChI is InChI=1S/C11H19F2I/c1-3-5-6-7-8-9-10(14)11(12,13)4-2/h9H,3-8H2,1-2H3/b10-9-. The fraction of sp³-hybridized carbons (Fsp3) is 0.818. The van der Waals surface area contributed by atoms with Crippen LogP contribution in [0, 0.1) is 0 Å². The zero-order valence-electron chi connectivity index (χ0n) is 8.95. The van der Waals surface area contributed by atoms with E-state index in [1.54, 1.807) is 28.7 Å². The van der Waals surface area contributed by atoms with Gasteiger partial charge < -0.3 is 0 Å². The average molecular weight is 316 g/mol. The summed E-state index contributed by atoms with van der Waals surface area (Å²) in [6, 6.07) is 0. The molecule has 0 amide bonds. The summed E-state index contributed by atoms with van der Waals surface area (Å²) in [7, 11) is 0. The Morgan fingerprint density at radius 2 is 1.86 bits per heavy atom. The molecule has 3 heteroatoms. The van der Waals surface area contributed by atoms with Gasteiger partial charge in [0.2, 0.25) is 0 Å². The van der Waals surface area contributed by atoms with Crippen molar-refractivity contribution in [3.63, 3.8) is 0 Å². The molecule has 0 aromatic heterocycles. The number of unbranched alkanes of at least 4 members (excludes halogenated alkanes) is 4. The molecule has 14 heavy (non-hydrogen) atoms. The Kier molecular flexibility index (Phi) is 7.78. The molecular weight excluding hydrogens is 297 g/mol. The minimum absolute atomic E-state index is 0.100. The second-order valence-corrected chi connectivity index (χ2v) is 4.62. The van der Waals surface area contributed by atoms with Crippen molar-refractivity contribution in [2.24, 2.45) is 0 Å². The quantitative estimate of drug-likeness (QED) is 0.440. The maximum atomic E-state index is 13.0. The number of allylic oxidation sites excluding steroid dienone is 2. The lowest BCUT2D eigenvalue weighted by molar-refractivity contribution is 0.0487. The first-order valence-corrected chi connectivity index (χ1v) is 6.36. The Morgan fingerprint density at radius 3 is 2.36 bits per heavy atom. The zero-order chi connectivity index (χ0) is 11.0. The predicted octanol–water partition coefficient (Wildman–Crippen LogP) is 5.32. The van der Waals surface area contributed by atoms with E-state index in [0.29, 0.717) is 0 Å². The number of hydrogen-bond donors (Lipinski definition) is 0. The van der Waals surface area contributed by atoms with Crippen LogP contribution in [0.1, 0.15) is 52.4 Å². The minimum atomic E-state index is -2.61. The molecule has 0 spiro atoms. The maximum Gasteiger partial charge on any atom is 0.278 e. The Morgan fingerprint density at radius 1 is 1.21 bits per heavy atom. The van der Waals surface area contributed by atoms with E-state index in [0.717, 1.165) is 19.3 Å². The van der Waals surface area contributed by atoms with Crippen LogP contribution < -0.4 is 0 Å². The van der Waals surface area contributed by atoms with E-state index in [1.807, 2.05) is 0 Å². The third-order valence-corrected chi connectivity index (χ3v) is 3.40. The molecule has 0 fully saturated rings. The smallest absolute Gasteiger partial charge is 0.201 e. The monoisotopic (exact) mass is 316 g/mol. The van der Waals surface area contributed by atoms with E-state index >= 15 is 0 Å². The van der Waals surface area contributed by atoms with E-state index in [9.17, 15) is 8.78 Å². The van der Waals surface area contributed by atoms with Crippen molar-refractivity contribution >= 4 is 22.6 Å². The highest BCUT2D eigenvalue weighted by molar-refractivity contribution is 14.1. The van der Waals surface area contributed by atoms with Crippen LogP contribution in [-0.4, -0.2) is 5.92 Å². The normalized spacial score (nSPS) is 13.4. The van der Waals surface area contributed by atoms with Gasteiger partial charge in [0, 0.05) is 6.42 Å². The van der Waals surface area contributed by atoms with Crippen molar-refractivity contribution in [3.05, 3.63) is 9.66 Å². The molecular formula is C11H19F2I. The van der Waals surface area contributed by atoms with Crippen molar-refractivity contribution in [2.75, 3.05) is 0 Å². The summed E-state index contributed by atoms with van der Waals surface area (Å²) in [6.45, 7) is 3.66. The largest absolute Gasteiger partial charge is 0.278 e. The number of hydrogen-bond acceptors (Lipinski definition) is 0. The molecule has 0 aliphatic rings. The first kappa shape index (κ1) is 14.3. The van der Waals surface area contributed by atoms with Crippen molar-refractivity contribution in [1.29, 1.82) is 0 Å². The first-order valence-electron chi connectivity index (χ1n) is 5.28. The Hall–Kier alpha value is 0.330. The van der Waals surface area contributed by atoms with Crippen molar-refractivity contribution in [3.8, 4) is 0 Å². The van der Waals surface area contributed by atoms with E-state index in [1.165, 1.54) is 19.8 Å². The van der Waals surface area contributed by atoms with E-state index in [-0.39, 0.29) is 10.0 Å². The lowest BCUT2D eigenvalue weighted by Crippen LogP contribution is -2.13. The minimum Gasteiger partial charge on any atom is -0.201 e. The van der Waals surface area contributed by atoms with Gasteiger partial charge in [-0.25, -0.2) is 8.78 Å². The molecule has 0 bridgehead atoms. The van der Waals surface area contributed by atoms with Crippen LogP contribution in [0.25, 0.3) is 0 Å². The third kappa shape index (κ3) is 5.94. The van der Waals surface area contributed by atoms with Gasteiger partial charge in [0.05, 0.1) is 3.58 Å². The lowest BCUT2D eigenvalue weighted by Gasteiger charge is -2.12. The molecule has 0 aromatic carbocycles. The molecule has 0 nitrogen and oxygen atoms in total. The van der Waals surface area contributed by atoms with Gasteiger partial charge >= 0.3 is 0 Å². The summed E-state index contributed by atoms with van der Waals surface area (Å²) >= 11 is 1.76. The van der Waals surface area contributed by atoms with Crippen LogP contribution in [0.3, 0.4) is 0 Å². The fourth-order valence-electron chi connectivity index (χ4n) is 1.12. The number of alkyl halides is 2.